The first kappa shape index (κ1) is 21.5. The fraction of sp³-hybridized carbons (Fsp3) is 0.667. The van der Waals surface area contributed by atoms with Crippen LogP contribution >= 0.6 is 0 Å². The molecule has 0 spiro atoms. The van der Waals surface area contributed by atoms with Crippen LogP contribution in [0, 0.1) is 11.7 Å². The highest BCUT2D eigenvalue weighted by Gasteiger charge is 2.20. The summed E-state index contributed by atoms with van der Waals surface area (Å²) >= 11 is 0. The Hall–Kier alpha value is -1.82. The Bertz CT molecular complexity index is 585. The van der Waals surface area contributed by atoms with Crippen LogP contribution in [0.4, 0.5) is 10.1 Å². The maximum absolute atomic E-state index is 13.4. The Morgan fingerprint density at radius 1 is 1.33 bits per heavy atom. The second-order valence-electron chi connectivity index (χ2n) is 7.41. The molecule has 2 rings (SSSR count). The van der Waals surface area contributed by atoms with Crippen LogP contribution in [0.5, 0.6) is 0 Å². The van der Waals surface area contributed by atoms with Crippen molar-refractivity contribution < 1.29 is 9.13 Å². The van der Waals surface area contributed by atoms with Crippen molar-refractivity contribution in [1.82, 2.24) is 10.6 Å². The van der Waals surface area contributed by atoms with E-state index < -0.39 is 0 Å². The van der Waals surface area contributed by atoms with Gasteiger partial charge < -0.3 is 20.3 Å². The van der Waals surface area contributed by atoms with Gasteiger partial charge in [0.15, 0.2) is 5.96 Å². The number of hydrogen-bond donors (Lipinski definition) is 2. The van der Waals surface area contributed by atoms with Gasteiger partial charge in [0.05, 0.1) is 6.10 Å². The van der Waals surface area contributed by atoms with E-state index in [4.69, 9.17) is 4.74 Å². The average molecular weight is 379 g/mol. The zero-order chi connectivity index (χ0) is 19.6. The van der Waals surface area contributed by atoms with Crippen LogP contribution in [-0.2, 0) is 4.74 Å². The predicted molar refractivity (Wildman–Crippen MR) is 111 cm³/mol. The van der Waals surface area contributed by atoms with Gasteiger partial charge in [-0.1, -0.05) is 19.9 Å². The molecule has 152 valence electrons. The molecule has 0 radical (unpaired) electrons. The Morgan fingerprint density at radius 3 is 2.67 bits per heavy atom. The van der Waals surface area contributed by atoms with Gasteiger partial charge in [-0.3, -0.25) is 4.99 Å². The largest absolute Gasteiger partial charge is 0.378 e. The van der Waals surface area contributed by atoms with Gasteiger partial charge in [0, 0.05) is 45.0 Å². The smallest absolute Gasteiger partial charge is 0.191 e. The molecule has 1 aliphatic heterocycles. The number of ether oxygens (including phenoxy) is 1. The van der Waals surface area contributed by atoms with E-state index in [1.165, 1.54) is 6.07 Å². The summed E-state index contributed by atoms with van der Waals surface area (Å²) in [5, 5.41) is 6.93. The Labute approximate surface area is 163 Å². The lowest BCUT2D eigenvalue weighted by molar-refractivity contribution is 0.0258. The molecule has 1 aromatic carbocycles. The fourth-order valence-corrected chi connectivity index (χ4v) is 3.50. The standard InChI is InChI=1S/C21H35FN4O/c1-5-27-20(16(2)3)9-12-24-21(23-4)25-18-10-13-26(14-11-18)19-8-6-7-17(22)15-19/h6-8,15-16,18,20H,5,9-14H2,1-4H3,(H2,23,24,25). The molecule has 0 saturated carbocycles. The number of benzene rings is 1. The summed E-state index contributed by atoms with van der Waals surface area (Å²) in [6.07, 6.45) is 3.25. The molecule has 1 heterocycles. The molecule has 27 heavy (non-hydrogen) atoms. The molecule has 0 bridgehead atoms. The molecule has 1 fully saturated rings. The molecule has 0 amide bonds. The van der Waals surface area contributed by atoms with Gasteiger partial charge in [0.2, 0.25) is 0 Å². The van der Waals surface area contributed by atoms with Crippen LogP contribution < -0.4 is 15.5 Å². The lowest BCUT2D eigenvalue weighted by Gasteiger charge is -2.34. The van der Waals surface area contributed by atoms with Crippen molar-refractivity contribution in [3.63, 3.8) is 0 Å². The summed E-state index contributed by atoms with van der Waals surface area (Å²) < 4.78 is 19.2. The molecule has 0 aliphatic carbocycles. The molecule has 1 unspecified atom stereocenters. The number of piperidine rings is 1. The zero-order valence-electron chi connectivity index (χ0n) is 17.2. The van der Waals surface area contributed by atoms with E-state index >= 15 is 0 Å². The predicted octanol–water partition coefficient (Wildman–Crippen LogP) is 3.41. The average Bonchev–Trinajstić information content (AvgIpc) is 2.66. The van der Waals surface area contributed by atoms with Gasteiger partial charge in [-0.15, -0.1) is 0 Å². The molecule has 1 aromatic rings. The molecule has 2 N–H and O–H groups in total. The quantitative estimate of drug-likeness (QED) is 0.538. The minimum absolute atomic E-state index is 0.177. The second-order valence-corrected chi connectivity index (χ2v) is 7.41. The second kappa shape index (κ2) is 11.1. The van der Waals surface area contributed by atoms with Crippen molar-refractivity contribution in [3.05, 3.63) is 30.1 Å². The van der Waals surface area contributed by atoms with E-state index in [0.29, 0.717) is 12.0 Å². The first-order valence-corrected chi connectivity index (χ1v) is 10.1. The Morgan fingerprint density at radius 2 is 2.07 bits per heavy atom. The van der Waals surface area contributed by atoms with Gasteiger partial charge in [-0.2, -0.15) is 0 Å². The van der Waals surface area contributed by atoms with Crippen LogP contribution in [-0.4, -0.2) is 51.4 Å². The van der Waals surface area contributed by atoms with E-state index in [1.807, 2.05) is 13.0 Å². The monoisotopic (exact) mass is 378 g/mol. The lowest BCUT2D eigenvalue weighted by atomic mass is 10.0. The number of guanidine groups is 1. The molecular weight excluding hydrogens is 343 g/mol. The normalized spacial score (nSPS) is 17.3. The number of nitrogens with zero attached hydrogens (tertiary/aromatic N) is 2. The van der Waals surface area contributed by atoms with E-state index in [-0.39, 0.29) is 11.9 Å². The third-order valence-corrected chi connectivity index (χ3v) is 5.08. The van der Waals surface area contributed by atoms with Crippen molar-refractivity contribution in [2.75, 3.05) is 38.2 Å². The van der Waals surface area contributed by atoms with Gasteiger partial charge in [-0.05, 0) is 50.3 Å². The third-order valence-electron chi connectivity index (χ3n) is 5.08. The van der Waals surface area contributed by atoms with Crippen molar-refractivity contribution in [1.29, 1.82) is 0 Å². The van der Waals surface area contributed by atoms with Gasteiger partial charge >= 0.3 is 0 Å². The van der Waals surface area contributed by atoms with Gasteiger partial charge in [0.1, 0.15) is 5.82 Å². The van der Waals surface area contributed by atoms with Crippen LogP contribution in [0.1, 0.15) is 40.0 Å². The molecule has 5 nitrogen and oxygen atoms in total. The van der Waals surface area contributed by atoms with E-state index in [2.05, 4.69) is 34.4 Å². The highest BCUT2D eigenvalue weighted by Crippen LogP contribution is 2.20. The Kier molecular flexibility index (Phi) is 8.85. The molecular formula is C21H35FN4O. The van der Waals surface area contributed by atoms with Gasteiger partial charge in [0.25, 0.3) is 0 Å². The summed E-state index contributed by atoms with van der Waals surface area (Å²) in [4.78, 5) is 6.59. The lowest BCUT2D eigenvalue weighted by Crippen LogP contribution is -2.49. The van der Waals surface area contributed by atoms with Crippen LogP contribution in [0.3, 0.4) is 0 Å². The topological polar surface area (TPSA) is 48.9 Å². The number of aliphatic imine (C=N–C) groups is 1. The van der Waals surface area contributed by atoms with Crippen molar-refractivity contribution in [3.8, 4) is 0 Å². The molecule has 0 aromatic heterocycles. The number of nitrogens with one attached hydrogen (secondary N) is 2. The van der Waals surface area contributed by atoms with E-state index in [9.17, 15) is 4.39 Å². The summed E-state index contributed by atoms with van der Waals surface area (Å²) in [7, 11) is 1.81. The first-order valence-electron chi connectivity index (χ1n) is 10.1. The molecule has 1 atom stereocenters. The zero-order valence-corrected chi connectivity index (χ0v) is 17.2. The van der Waals surface area contributed by atoms with Crippen molar-refractivity contribution in [2.45, 2.75) is 52.2 Å². The first-order chi connectivity index (χ1) is 13.0. The minimum Gasteiger partial charge on any atom is -0.378 e. The SMILES string of the molecule is CCOC(CCNC(=NC)NC1CCN(c2cccc(F)c2)CC1)C(C)C. The maximum atomic E-state index is 13.4. The van der Waals surface area contributed by atoms with Crippen LogP contribution in [0.2, 0.25) is 0 Å². The van der Waals surface area contributed by atoms with Crippen molar-refractivity contribution >= 4 is 11.6 Å². The summed E-state index contributed by atoms with van der Waals surface area (Å²) in [6.45, 7) is 9.85. The number of rotatable bonds is 8. The minimum atomic E-state index is -0.177. The number of anilines is 1. The third kappa shape index (κ3) is 7.01. The molecule has 1 saturated heterocycles. The van der Waals surface area contributed by atoms with Crippen LogP contribution in [0.25, 0.3) is 0 Å². The van der Waals surface area contributed by atoms with Gasteiger partial charge in [-0.25, -0.2) is 4.39 Å². The number of halogens is 1. The van der Waals surface area contributed by atoms with E-state index in [0.717, 1.165) is 57.2 Å². The maximum Gasteiger partial charge on any atom is 0.191 e. The molecule has 1 aliphatic rings. The molecule has 6 heteroatoms. The summed E-state index contributed by atoms with van der Waals surface area (Å²) in [5.74, 6) is 1.18. The van der Waals surface area contributed by atoms with E-state index in [1.54, 1.807) is 19.2 Å². The highest BCUT2D eigenvalue weighted by molar-refractivity contribution is 5.79. The number of hydrogen-bond acceptors (Lipinski definition) is 3. The highest BCUT2D eigenvalue weighted by atomic mass is 19.1. The summed E-state index contributed by atoms with van der Waals surface area (Å²) in [5.41, 5.74) is 0.964. The van der Waals surface area contributed by atoms with Crippen LogP contribution in [0.15, 0.2) is 29.3 Å². The van der Waals surface area contributed by atoms with Crippen molar-refractivity contribution in [2.24, 2.45) is 10.9 Å². The fourth-order valence-electron chi connectivity index (χ4n) is 3.50. The summed E-state index contributed by atoms with van der Waals surface area (Å²) in [6, 6.07) is 7.23. The Balaban J connectivity index is 1.74.